The molecule has 1 aliphatic rings. The molecule has 1 saturated heterocycles. The summed E-state index contributed by atoms with van der Waals surface area (Å²) in [6.07, 6.45) is 5.47. The predicted molar refractivity (Wildman–Crippen MR) is 135 cm³/mol. The van der Waals surface area contributed by atoms with Crippen LogP contribution in [0.15, 0.2) is 41.7 Å². The molecule has 2 aromatic heterocycles. The van der Waals surface area contributed by atoms with E-state index in [1.165, 1.54) is 5.56 Å². The minimum atomic E-state index is -0.767. The number of benzene rings is 1. The Hall–Kier alpha value is -2.30. The van der Waals surface area contributed by atoms with E-state index in [1.807, 2.05) is 18.2 Å². The average Bonchev–Trinajstić information content (AvgIpc) is 2.85. The van der Waals surface area contributed by atoms with Crippen molar-refractivity contribution in [3.8, 4) is 0 Å². The van der Waals surface area contributed by atoms with E-state index in [0.29, 0.717) is 30.5 Å². The number of fused-ring (bicyclic) bond motifs is 1. The Kier molecular flexibility index (Phi) is 8.85. The third-order valence-corrected chi connectivity index (χ3v) is 7.82. The zero-order chi connectivity index (χ0) is 22.9. The second-order valence-electron chi connectivity index (χ2n) is 7.92. The smallest absolute Gasteiger partial charge is 0.225 e. The third-order valence-electron chi connectivity index (χ3n) is 5.49. The van der Waals surface area contributed by atoms with Crippen molar-refractivity contribution >= 4 is 45.4 Å². The average molecular weight is 487 g/mol. The third kappa shape index (κ3) is 6.61. The van der Waals surface area contributed by atoms with Gasteiger partial charge in [0.05, 0.1) is 0 Å². The zero-order valence-corrected chi connectivity index (χ0v) is 20.3. The largest absolute Gasteiger partial charge is 0.396 e. The Balaban J connectivity index is 1.58. The van der Waals surface area contributed by atoms with Crippen molar-refractivity contribution in [3.05, 3.63) is 42.2 Å². The number of aliphatic hydroxyl groups is 1. The molecule has 0 bridgehead atoms. The summed E-state index contributed by atoms with van der Waals surface area (Å²) in [5.74, 6) is 3.42. The second-order valence-corrected chi connectivity index (χ2v) is 10.6. The van der Waals surface area contributed by atoms with Crippen LogP contribution in [0.25, 0.3) is 11.0 Å². The van der Waals surface area contributed by atoms with Gasteiger partial charge in [-0.2, -0.15) is 4.98 Å². The first-order valence-electron chi connectivity index (χ1n) is 11.4. The summed E-state index contributed by atoms with van der Waals surface area (Å²) in [7, 11) is -0.767. The summed E-state index contributed by atoms with van der Waals surface area (Å²) in [5, 5.41) is 13.1. The molecule has 1 aromatic carbocycles. The van der Waals surface area contributed by atoms with Gasteiger partial charge in [-0.25, -0.2) is 15.0 Å². The van der Waals surface area contributed by atoms with E-state index >= 15 is 0 Å². The Morgan fingerprint density at radius 1 is 1.00 bits per heavy atom. The van der Waals surface area contributed by atoms with Gasteiger partial charge in [0, 0.05) is 54.3 Å². The summed E-state index contributed by atoms with van der Waals surface area (Å²) in [6.45, 7) is 2.39. The highest BCUT2D eigenvalue weighted by Crippen LogP contribution is 2.31. The van der Waals surface area contributed by atoms with Crippen LogP contribution in [-0.4, -0.2) is 67.0 Å². The van der Waals surface area contributed by atoms with Gasteiger partial charge in [0.1, 0.15) is 22.4 Å². The van der Waals surface area contributed by atoms with Crippen LogP contribution in [0.1, 0.15) is 31.2 Å². The van der Waals surface area contributed by atoms with Gasteiger partial charge in [-0.3, -0.25) is 4.21 Å². The van der Waals surface area contributed by atoms with E-state index in [-0.39, 0.29) is 6.61 Å². The van der Waals surface area contributed by atoms with Crippen LogP contribution < -0.4 is 10.2 Å². The molecule has 0 aliphatic carbocycles. The number of rotatable bonds is 11. The lowest BCUT2D eigenvalue weighted by molar-refractivity contribution is 0.283. The number of unbranched alkanes of at least 4 members (excludes halogenated alkanes) is 3. The molecule has 0 spiro atoms. The zero-order valence-electron chi connectivity index (χ0n) is 18.7. The second kappa shape index (κ2) is 12.2. The lowest BCUT2D eigenvalue weighted by atomic mass is 10.2. The highest BCUT2D eigenvalue weighted by Gasteiger charge is 2.22. The molecule has 3 aromatic rings. The molecule has 0 unspecified atom stereocenters. The van der Waals surface area contributed by atoms with E-state index in [4.69, 9.17) is 15.1 Å². The molecular weight excluding hydrogens is 456 g/mol. The standard InChI is InChI=1S/C23H30N6O2S2/c30-13-7-2-1-6-10-24-23-27-20-19(21(28-23)29-11-14-33(31)15-12-29)25-17-26-22(20)32-16-18-8-4-3-5-9-18/h3-5,8-9,17,30H,1-2,6-7,10-16H2,(H,24,27,28). The van der Waals surface area contributed by atoms with Crippen LogP contribution in [0.3, 0.4) is 0 Å². The van der Waals surface area contributed by atoms with Gasteiger partial charge in [-0.15, -0.1) is 0 Å². The molecular formula is C23H30N6O2S2. The Bertz CT molecular complexity index is 1060. The fourth-order valence-corrected chi connectivity index (χ4v) is 5.63. The number of hydrogen-bond donors (Lipinski definition) is 2. The molecule has 176 valence electrons. The van der Waals surface area contributed by atoms with Crippen LogP contribution in [0.5, 0.6) is 0 Å². The predicted octanol–water partition coefficient (Wildman–Crippen LogP) is 3.25. The van der Waals surface area contributed by atoms with Gasteiger partial charge in [-0.05, 0) is 18.4 Å². The van der Waals surface area contributed by atoms with Gasteiger partial charge in [0.15, 0.2) is 5.82 Å². The van der Waals surface area contributed by atoms with Crippen molar-refractivity contribution in [2.75, 3.05) is 48.0 Å². The van der Waals surface area contributed by atoms with E-state index in [0.717, 1.165) is 59.9 Å². The van der Waals surface area contributed by atoms with Gasteiger partial charge < -0.3 is 15.3 Å². The van der Waals surface area contributed by atoms with Crippen molar-refractivity contribution < 1.29 is 9.32 Å². The maximum absolute atomic E-state index is 11.9. The normalized spacial score (nSPS) is 14.6. The highest BCUT2D eigenvalue weighted by atomic mass is 32.2. The fourth-order valence-electron chi connectivity index (χ4n) is 3.68. The molecule has 4 rings (SSSR count). The molecule has 1 fully saturated rings. The van der Waals surface area contributed by atoms with Crippen LogP contribution in [0.2, 0.25) is 0 Å². The van der Waals surface area contributed by atoms with Crippen LogP contribution in [0.4, 0.5) is 11.8 Å². The molecule has 2 N–H and O–H groups in total. The molecule has 10 heteroatoms. The molecule has 0 atom stereocenters. The summed E-state index contributed by atoms with van der Waals surface area (Å²) in [4.78, 5) is 20.8. The topological polar surface area (TPSA) is 104 Å². The maximum atomic E-state index is 11.9. The Labute approximate surface area is 201 Å². The Morgan fingerprint density at radius 3 is 2.58 bits per heavy atom. The van der Waals surface area contributed by atoms with E-state index in [1.54, 1.807) is 18.1 Å². The Morgan fingerprint density at radius 2 is 1.79 bits per heavy atom. The maximum Gasteiger partial charge on any atom is 0.225 e. The summed E-state index contributed by atoms with van der Waals surface area (Å²) in [6, 6.07) is 10.3. The molecule has 0 saturated carbocycles. The van der Waals surface area contributed by atoms with E-state index < -0.39 is 10.8 Å². The molecule has 33 heavy (non-hydrogen) atoms. The number of hydrogen-bond acceptors (Lipinski definition) is 9. The van der Waals surface area contributed by atoms with Crippen LogP contribution >= 0.6 is 11.8 Å². The van der Waals surface area contributed by atoms with Crippen LogP contribution in [-0.2, 0) is 16.6 Å². The molecule has 1 aliphatic heterocycles. The van der Waals surface area contributed by atoms with Gasteiger partial charge in [0.25, 0.3) is 0 Å². The fraction of sp³-hybridized carbons (Fsp3) is 0.478. The molecule has 8 nitrogen and oxygen atoms in total. The number of nitrogens with zero attached hydrogens (tertiary/aromatic N) is 5. The van der Waals surface area contributed by atoms with E-state index in [2.05, 4.69) is 32.3 Å². The first-order valence-corrected chi connectivity index (χ1v) is 13.9. The van der Waals surface area contributed by atoms with Crippen LogP contribution in [0, 0.1) is 0 Å². The molecule has 3 heterocycles. The van der Waals surface area contributed by atoms with Gasteiger partial charge in [-0.1, -0.05) is 54.9 Å². The summed E-state index contributed by atoms with van der Waals surface area (Å²) in [5.41, 5.74) is 2.71. The van der Waals surface area contributed by atoms with Crippen molar-refractivity contribution in [2.45, 2.75) is 36.5 Å². The van der Waals surface area contributed by atoms with Gasteiger partial charge in [0.2, 0.25) is 5.95 Å². The lowest BCUT2D eigenvalue weighted by Crippen LogP contribution is -2.38. The summed E-state index contributed by atoms with van der Waals surface area (Å²) >= 11 is 1.64. The minimum Gasteiger partial charge on any atom is -0.396 e. The monoisotopic (exact) mass is 486 g/mol. The quantitative estimate of drug-likeness (QED) is 0.240. The number of nitrogens with one attached hydrogen (secondary N) is 1. The van der Waals surface area contributed by atoms with Crippen molar-refractivity contribution in [2.24, 2.45) is 0 Å². The van der Waals surface area contributed by atoms with Crippen molar-refractivity contribution in [1.29, 1.82) is 0 Å². The number of anilines is 2. The van der Waals surface area contributed by atoms with Crippen molar-refractivity contribution in [3.63, 3.8) is 0 Å². The SMILES string of the molecule is O=S1CCN(c2nc(NCCCCCCO)nc3c(SCc4ccccc4)ncnc23)CC1. The van der Waals surface area contributed by atoms with Gasteiger partial charge >= 0.3 is 0 Å². The number of aliphatic hydroxyl groups excluding tert-OH is 1. The first-order chi connectivity index (χ1) is 16.2. The number of aromatic nitrogens is 4. The van der Waals surface area contributed by atoms with E-state index in [9.17, 15) is 4.21 Å². The molecule has 0 amide bonds. The number of thioether (sulfide) groups is 1. The first kappa shape index (κ1) is 23.8. The molecule has 0 radical (unpaired) electrons. The highest BCUT2D eigenvalue weighted by molar-refractivity contribution is 7.98. The lowest BCUT2D eigenvalue weighted by Gasteiger charge is -2.28. The summed E-state index contributed by atoms with van der Waals surface area (Å²) < 4.78 is 11.9. The van der Waals surface area contributed by atoms with Crippen molar-refractivity contribution in [1.82, 2.24) is 19.9 Å². The minimum absolute atomic E-state index is 0.245.